The summed E-state index contributed by atoms with van der Waals surface area (Å²) in [4.78, 5) is 0. The van der Waals surface area contributed by atoms with Crippen molar-refractivity contribution < 1.29 is 13.5 Å². The molecule has 0 unspecified atom stereocenters. The summed E-state index contributed by atoms with van der Waals surface area (Å²) >= 11 is 0. The van der Waals surface area contributed by atoms with Gasteiger partial charge in [-0.1, -0.05) is 12.1 Å². The first-order valence-electron chi connectivity index (χ1n) is 7.43. The molecule has 1 aliphatic heterocycles. The second-order valence-electron chi connectivity index (χ2n) is 6.16. The maximum Gasteiger partial charge on any atom is 0.162 e. The lowest BCUT2D eigenvalue weighted by Gasteiger charge is -2.38. The summed E-state index contributed by atoms with van der Waals surface area (Å²) in [5, 5.41) is 3.55. The van der Waals surface area contributed by atoms with E-state index in [-0.39, 0.29) is 5.41 Å². The molecule has 1 N–H and O–H groups in total. The van der Waals surface area contributed by atoms with Crippen molar-refractivity contribution in [2.45, 2.75) is 38.1 Å². The lowest BCUT2D eigenvalue weighted by molar-refractivity contribution is 0.0143. The van der Waals surface area contributed by atoms with Gasteiger partial charge in [-0.2, -0.15) is 0 Å². The van der Waals surface area contributed by atoms with Crippen LogP contribution >= 0.6 is 0 Å². The third-order valence-corrected chi connectivity index (χ3v) is 4.49. The van der Waals surface area contributed by atoms with Gasteiger partial charge in [0.1, 0.15) is 0 Å². The van der Waals surface area contributed by atoms with Crippen LogP contribution in [0, 0.1) is 17.0 Å². The maximum atomic E-state index is 13.9. The number of hydrogen-bond donors (Lipinski definition) is 1. The molecule has 1 aliphatic carbocycles. The zero-order chi connectivity index (χ0) is 14.0. The molecule has 0 aromatic heterocycles. The van der Waals surface area contributed by atoms with Crippen molar-refractivity contribution >= 4 is 0 Å². The fourth-order valence-corrected chi connectivity index (χ4v) is 2.96. The van der Waals surface area contributed by atoms with Gasteiger partial charge in [-0.3, -0.25) is 0 Å². The summed E-state index contributed by atoms with van der Waals surface area (Å²) in [5.41, 5.74) is 0.486. The van der Waals surface area contributed by atoms with Crippen LogP contribution in [0.3, 0.4) is 0 Å². The van der Waals surface area contributed by atoms with E-state index in [1.54, 1.807) is 12.1 Å². The summed E-state index contributed by atoms with van der Waals surface area (Å²) in [6.07, 6.45) is 4.87. The van der Waals surface area contributed by atoms with Crippen LogP contribution in [-0.2, 0) is 11.2 Å². The first-order valence-corrected chi connectivity index (χ1v) is 7.43. The van der Waals surface area contributed by atoms with E-state index in [2.05, 4.69) is 5.32 Å². The second kappa shape index (κ2) is 5.78. The van der Waals surface area contributed by atoms with Gasteiger partial charge in [0.2, 0.25) is 0 Å². The van der Waals surface area contributed by atoms with E-state index < -0.39 is 11.6 Å². The monoisotopic (exact) mass is 281 g/mol. The molecule has 110 valence electrons. The molecule has 2 fully saturated rings. The van der Waals surface area contributed by atoms with Crippen LogP contribution < -0.4 is 5.32 Å². The Morgan fingerprint density at radius 3 is 2.65 bits per heavy atom. The molecule has 0 radical (unpaired) electrons. The van der Waals surface area contributed by atoms with Gasteiger partial charge in [0.25, 0.3) is 0 Å². The Morgan fingerprint density at radius 1 is 1.20 bits per heavy atom. The summed E-state index contributed by atoms with van der Waals surface area (Å²) < 4.78 is 32.7. The lowest BCUT2D eigenvalue weighted by atomic mass is 9.75. The lowest BCUT2D eigenvalue weighted by Crippen LogP contribution is -2.41. The van der Waals surface area contributed by atoms with Crippen LogP contribution in [0.2, 0.25) is 0 Å². The highest BCUT2D eigenvalue weighted by atomic mass is 19.2. The predicted molar refractivity (Wildman–Crippen MR) is 73.6 cm³/mol. The highest BCUT2D eigenvalue weighted by molar-refractivity contribution is 5.21. The van der Waals surface area contributed by atoms with Gasteiger partial charge in [-0.25, -0.2) is 8.78 Å². The van der Waals surface area contributed by atoms with E-state index in [9.17, 15) is 8.78 Å². The highest BCUT2D eigenvalue weighted by Crippen LogP contribution is 2.35. The van der Waals surface area contributed by atoms with Gasteiger partial charge in [0, 0.05) is 25.8 Å². The van der Waals surface area contributed by atoms with Crippen molar-refractivity contribution in [2.24, 2.45) is 5.41 Å². The number of halogens is 2. The fraction of sp³-hybridized carbons (Fsp3) is 0.625. The summed E-state index contributed by atoms with van der Waals surface area (Å²) in [5.74, 6) is -1.44. The topological polar surface area (TPSA) is 21.3 Å². The Balaban J connectivity index is 1.75. The minimum Gasteiger partial charge on any atom is -0.381 e. The third kappa shape index (κ3) is 3.18. The molecule has 2 nitrogen and oxygen atoms in total. The van der Waals surface area contributed by atoms with Gasteiger partial charge >= 0.3 is 0 Å². The maximum absolute atomic E-state index is 13.9. The van der Waals surface area contributed by atoms with Gasteiger partial charge in [-0.05, 0) is 49.1 Å². The predicted octanol–water partition coefficient (Wildman–Crippen LogP) is 3.06. The molecule has 0 amide bonds. The number of rotatable bonds is 5. The number of ether oxygens (including phenoxy) is 1. The van der Waals surface area contributed by atoms with E-state index in [4.69, 9.17) is 4.74 Å². The molecule has 1 saturated heterocycles. The molecule has 3 rings (SSSR count). The van der Waals surface area contributed by atoms with Gasteiger partial charge in [-0.15, -0.1) is 0 Å². The van der Waals surface area contributed by atoms with E-state index in [1.807, 2.05) is 0 Å². The van der Waals surface area contributed by atoms with Crippen LogP contribution in [0.4, 0.5) is 8.78 Å². The SMILES string of the molecule is Fc1cccc(CC2(CNC3CC3)CCOCC2)c1F. The van der Waals surface area contributed by atoms with E-state index in [0.717, 1.165) is 19.4 Å². The first kappa shape index (κ1) is 14.0. The standard InChI is InChI=1S/C16H21F2NO/c17-14-3-1-2-12(15(14)18)10-16(6-8-20-9-7-16)11-19-13-4-5-13/h1-3,13,19H,4-11H2. The summed E-state index contributed by atoms with van der Waals surface area (Å²) in [6, 6.07) is 5.10. The molecule has 2 aliphatic rings. The molecule has 4 heteroatoms. The van der Waals surface area contributed by atoms with E-state index in [1.165, 1.54) is 18.9 Å². The fourth-order valence-electron chi connectivity index (χ4n) is 2.96. The molecule has 0 spiro atoms. The van der Waals surface area contributed by atoms with Crippen molar-refractivity contribution in [1.82, 2.24) is 5.32 Å². The Morgan fingerprint density at radius 2 is 1.95 bits per heavy atom. The Kier molecular flexibility index (Phi) is 4.03. The quantitative estimate of drug-likeness (QED) is 0.895. The molecular formula is C16H21F2NO. The number of nitrogens with one attached hydrogen (secondary N) is 1. The molecule has 0 atom stereocenters. The minimum absolute atomic E-state index is 0.00449. The van der Waals surface area contributed by atoms with Crippen molar-refractivity contribution in [3.63, 3.8) is 0 Å². The van der Waals surface area contributed by atoms with Crippen LogP contribution in [0.25, 0.3) is 0 Å². The Bertz CT molecular complexity index is 468. The molecule has 0 bridgehead atoms. The molecule has 1 heterocycles. The smallest absolute Gasteiger partial charge is 0.162 e. The van der Waals surface area contributed by atoms with Crippen LogP contribution in [0.15, 0.2) is 18.2 Å². The second-order valence-corrected chi connectivity index (χ2v) is 6.16. The minimum atomic E-state index is -0.750. The van der Waals surface area contributed by atoms with Crippen LogP contribution in [0.1, 0.15) is 31.2 Å². The van der Waals surface area contributed by atoms with Crippen molar-refractivity contribution in [1.29, 1.82) is 0 Å². The van der Waals surface area contributed by atoms with Gasteiger partial charge < -0.3 is 10.1 Å². The molecule has 1 saturated carbocycles. The first-order chi connectivity index (χ1) is 9.69. The summed E-state index contributed by atoms with van der Waals surface area (Å²) in [7, 11) is 0. The van der Waals surface area contributed by atoms with Crippen molar-refractivity contribution in [2.75, 3.05) is 19.8 Å². The van der Waals surface area contributed by atoms with Crippen LogP contribution in [-0.4, -0.2) is 25.8 Å². The molecule has 1 aromatic carbocycles. The number of hydrogen-bond acceptors (Lipinski definition) is 2. The van der Waals surface area contributed by atoms with E-state index >= 15 is 0 Å². The molecule has 20 heavy (non-hydrogen) atoms. The largest absolute Gasteiger partial charge is 0.381 e. The normalized spacial score (nSPS) is 21.9. The molecule has 1 aromatic rings. The zero-order valence-electron chi connectivity index (χ0n) is 11.6. The Hall–Kier alpha value is -1.00. The van der Waals surface area contributed by atoms with Crippen molar-refractivity contribution in [3.8, 4) is 0 Å². The third-order valence-electron chi connectivity index (χ3n) is 4.49. The molecular weight excluding hydrogens is 260 g/mol. The van der Waals surface area contributed by atoms with Gasteiger partial charge in [0.15, 0.2) is 11.6 Å². The number of benzene rings is 1. The zero-order valence-corrected chi connectivity index (χ0v) is 11.6. The summed E-state index contributed by atoms with van der Waals surface area (Å²) in [6.45, 7) is 2.30. The van der Waals surface area contributed by atoms with E-state index in [0.29, 0.717) is 31.2 Å². The van der Waals surface area contributed by atoms with Crippen molar-refractivity contribution in [3.05, 3.63) is 35.4 Å². The highest BCUT2D eigenvalue weighted by Gasteiger charge is 2.35. The van der Waals surface area contributed by atoms with Gasteiger partial charge in [0.05, 0.1) is 0 Å². The Labute approximate surface area is 118 Å². The average molecular weight is 281 g/mol. The average Bonchev–Trinajstić information content (AvgIpc) is 3.27. The van der Waals surface area contributed by atoms with Crippen LogP contribution in [0.5, 0.6) is 0 Å².